The molecule has 18 heavy (non-hydrogen) atoms. The summed E-state index contributed by atoms with van der Waals surface area (Å²) in [4.78, 5) is 0. The molecule has 1 aliphatic rings. The second kappa shape index (κ2) is 4.34. The fraction of sp³-hybridized carbons (Fsp3) is 0.625. The van der Waals surface area contributed by atoms with E-state index in [4.69, 9.17) is 5.73 Å². The third kappa shape index (κ3) is 2.59. The van der Waals surface area contributed by atoms with Crippen molar-refractivity contribution in [2.24, 2.45) is 17.1 Å². The van der Waals surface area contributed by atoms with Gasteiger partial charge >= 0.3 is 0 Å². The Hall–Kier alpha value is -0.890. The first-order chi connectivity index (χ1) is 8.22. The largest absolute Gasteiger partial charge is 0.321 e. The number of rotatable bonds is 1. The SMILES string of the molecule is Cc1cc(C2(N)CC(C)CC(C)(C)C2)ccc1F. The molecule has 1 aromatic rings. The monoisotopic (exact) mass is 249 g/mol. The van der Waals surface area contributed by atoms with Crippen molar-refractivity contribution in [3.8, 4) is 0 Å². The smallest absolute Gasteiger partial charge is 0.126 e. The molecule has 1 aromatic carbocycles. The highest BCUT2D eigenvalue weighted by Gasteiger charge is 2.41. The summed E-state index contributed by atoms with van der Waals surface area (Å²) in [6, 6.07) is 5.32. The van der Waals surface area contributed by atoms with Crippen molar-refractivity contribution in [1.82, 2.24) is 0 Å². The molecule has 1 nitrogen and oxygen atoms in total. The summed E-state index contributed by atoms with van der Waals surface area (Å²) >= 11 is 0. The van der Waals surface area contributed by atoms with Gasteiger partial charge in [0.25, 0.3) is 0 Å². The second-order valence-corrected chi connectivity index (χ2v) is 6.97. The van der Waals surface area contributed by atoms with E-state index in [1.54, 1.807) is 13.0 Å². The van der Waals surface area contributed by atoms with Gasteiger partial charge in [-0.15, -0.1) is 0 Å². The van der Waals surface area contributed by atoms with Crippen molar-refractivity contribution < 1.29 is 4.39 Å². The first-order valence-corrected chi connectivity index (χ1v) is 6.77. The van der Waals surface area contributed by atoms with Crippen molar-refractivity contribution in [3.05, 3.63) is 35.1 Å². The van der Waals surface area contributed by atoms with Crippen LogP contribution in [0.2, 0.25) is 0 Å². The molecule has 0 amide bonds. The van der Waals surface area contributed by atoms with E-state index in [1.807, 2.05) is 12.1 Å². The molecular formula is C16H24FN. The predicted octanol–water partition coefficient (Wildman–Crippen LogP) is 4.13. The molecule has 0 heterocycles. The summed E-state index contributed by atoms with van der Waals surface area (Å²) in [5.74, 6) is 0.467. The van der Waals surface area contributed by atoms with Crippen LogP contribution in [0.1, 0.15) is 51.2 Å². The fourth-order valence-electron chi connectivity index (χ4n) is 3.81. The lowest BCUT2D eigenvalue weighted by molar-refractivity contribution is 0.107. The zero-order chi connectivity index (χ0) is 13.6. The number of hydrogen-bond donors (Lipinski definition) is 1. The Morgan fingerprint density at radius 2 is 1.94 bits per heavy atom. The number of hydrogen-bond acceptors (Lipinski definition) is 1. The van der Waals surface area contributed by atoms with Crippen LogP contribution in [0.3, 0.4) is 0 Å². The van der Waals surface area contributed by atoms with Crippen molar-refractivity contribution in [2.45, 2.75) is 52.5 Å². The Morgan fingerprint density at radius 1 is 1.28 bits per heavy atom. The zero-order valence-corrected chi connectivity index (χ0v) is 11.9. The summed E-state index contributed by atoms with van der Waals surface area (Å²) in [6.45, 7) is 8.62. The topological polar surface area (TPSA) is 26.0 Å². The first-order valence-electron chi connectivity index (χ1n) is 6.77. The Kier molecular flexibility index (Phi) is 3.26. The minimum Gasteiger partial charge on any atom is -0.321 e. The van der Waals surface area contributed by atoms with Gasteiger partial charge in [0, 0.05) is 5.54 Å². The number of halogens is 1. The van der Waals surface area contributed by atoms with Crippen LogP contribution in [0.4, 0.5) is 4.39 Å². The van der Waals surface area contributed by atoms with Gasteiger partial charge in [0.2, 0.25) is 0 Å². The molecule has 2 N–H and O–H groups in total. The van der Waals surface area contributed by atoms with Crippen LogP contribution in [0, 0.1) is 24.1 Å². The summed E-state index contributed by atoms with van der Waals surface area (Å²) in [7, 11) is 0. The Labute approximate surface area is 110 Å². The van der Waals surface area contributed by atoms with Gasteiger partial charge in [-0.3, -0.25) is 0 Å². The average Bonchev–Trinajstić information content (AvgIpc) is 2.18. The lowest BCUT2D eigenvalue weighted by atomic mass is 9.62. The van der Waals surface area contributed by atoms with Crippen molar-refractivity contribution in [3.63, 3.8) is 0 Å². The molecule has 2 atom stereocenters. The van der Waals surface area contributed by atoms with E-state index in [-0.39, 0.29) is 16.8 Å². The van der Waals surface area contributed by atoms with Gasteiger partial charge in [-0.25, -0.2) is 4.39 Å². The lowest BCUT2D eigenvalue weighted by Crippen LogP contribution is -2.46. The van der Waals surface area contributed by atoms with Crippen LogP contribution >= 0.6 is 0 Å². The number of benzene rings is 1. The van der Waals surface area contributed by atoms with Gasteiger partial charge < -0.3 is 5.73 Å². The highest BCUT2D eigenvalue weighted by molar-refractivity contribution is 5.30. The first kappa shape index (κ1) is 13.5. The Morgan fingerprint density at radius 3 is 2.50 bits per heavy atom. The molecule has 0 aliphatic heterocycles. The van der Waals surface area contributed by atoms with Gasteiger partial charge in [-0.1, -0.05) is 32.9 Å². The summed E-state index contributed by atoms with van der Waals surface area (Å²) in [6.07, 6.45) is 3.17. The van der Waals surface area contributed by atoms with E-state index >= 15 is 0 Å². The number of aryl methyl sites for hydroxylation is 1. The van der Waals surface area contributed by atoms with Crippen LogP contribution in [-0.2, 0) is 5.54 Å². The highest BCUT2D eigenvalue weighted by Crippen LogP contribution is 2.47. The zero-order valence-electron chi connectivity index (χ0n) is 11.9. The summed E-state index contributed by atoms with van der Waals surface area (Å²) in [5.41, 5.74) is 8.37. The van der Waals surface area contributed by atoms with E-state index in [0.29, 0.717) is 11.5 Å². The maximum atomic E-state index is 13.4. The summed E-state index contributed by atoms with van der Waals surface area (Å²) in [5, 5.41) is 0. The fourth-order valence-corrected chi connectivity index (χ4v) is 3.81. The van der Waals surface area contributed by atoms with Crippen LogP contribution in [0.25, 0.3) is 0 Å². The van der Waals surface area contributed by atoms with Gasteiger partial charge in [-0.2, -0.15) is 0 Å². The Bertz CT molecular complexity index is 452. The minimum atomic E-state index is -0.306. The third-order valence-electron chi connectivity index (χ3n) is 4.14. The average molecular weight is 249 g/mol. The molecule has 1 saturated carbocycles. The van der Waals surface area contributed by atoms with Crippen LogP contribution in [0.5, 0.6) is 0 Å². The van der Waals surface area contributed by atoms with Crippen LogP contribution in [-0.4, -0.2) is 0 Å². The normalized spacial score (nSPS) is 31.3. The van der Waals surface area contributed by atoms with Crippen LogP contribution < -0.4 is 5.73 Å². The van der Waals surface area contributed by atoms with Gasteiger partial charge in [-0.05, 0) is 54.7 Å². The quantitative estimate of drug-likeness (QED) is 0.795. The van der Waals surface area contributed by atoms with Gasteiger partial charge in [0.05, 0.1) is 0 Å². The molecule has 0 saturated heterocycles. The van der Waals surface area contributed by atoms with E-state index < -0.39 is 0 Å². The summed E-state index contributed by atoms with van der Waals surface area (Å²) < 4.78 is 13.4. The van der Waals surface area contributed by atoms with E-state index in [1.165, 1.54) is 6.42 Å². The van der Waals surface area contributed by atoms with Crippen molar-refractivity contribution in [1.29, 1.82) is 0 Å². The van der Waals surface area contributed by atoms with Gasteiger partial charge in [0.15, 0.2) is 0 Å². The maximum absolute atomic E-state index is 13.4. The third-order valence-corrected chi connectivity index (χ3v) is 4.14. The molecule has 0 bridgehead atoms. The molecule has 1 aliphatic carbocycles. The molecule has 0 aromatic heterocycles. The van der Waals surface area contributed by atoms with Crippen molar-refractivity contribution in [2.75, 3.05) is 0 Å². The molecule has 100 valence electrons. The van der Waals surface area contributed by atoms with Gasteiger partial charge in [0.1, 0.15) is 5.82 Å². The molecule has 1 fully saturated rings. The standard InChI is InChI=1S/C16H24FN/c1-11-8-15(3,4)10-16(18,9-11)13-5-6-14(17)12(2)7-13/h5-7,11H,8-10,18H2,1-4H3. The second-order valence-electron chi connectivity index (χ2n) is 6.97. The Balaban J connectivity index is 2.37. The maximum Gasteiger partial charge on any atom is 0.126 e. The molecule has 0 spiro atoms. The predicted molar refractivity (Wildman–Crippen MR) is 73.8 cm³/mol. The molecule has 2 heteroatoms. The van der Waals surface area contributed by atoms with E-state index in [0.717, 1.165) is 18.4 Å². The highest BCUT2D eigenvalue weighted by atomic mass is 19.1. The van der Waals surface area contributed by atoms with Crippen LogP contribution in [0.15, 0.2) is 18.2 Å². The van der Waals surface area contributed by atoms with Crippen molar-refractivity contribution >= 4 is 0 Å². The molecule has 2 rings (SSSR count). The van der Waals surface area contributed by atoms with E-state index in [2.05, 4.69) is 20.8 Å². The number of nitrogens with two attached hydrogens (primary N) is 1. The molecular weight excluding hydrogens is 225 g/mol. The molecule has 2 unspecified atom stereocenters. The molecule has 0 radical (unpaired) electrons. The minimum absolute atomic E-state index is 0.148. The van der Waals surface area contributed by atoms with E-state index in [9.17, 15) is 4.39 Å². The lowest BCUT2D eigenvalue weighted by Gasteiger charge is -2.46.